The van der Waals surface area contributed by atoms with Gasteiger partial charge in [0.25, 0.3) is 0 Å². The molecule has 5 rings (SSSR count). The first kappa shape index (κ1) is 21.9. The summed E-state index contributed by atoms with van der Waals surface area (Å²) in [6.45, 7) is 2.33. The molecule has 1 fully saturated rings. The molecule has 0 spiro atoms. The van der Waals surface area contributed by atoms with Crippen molar-refractivity contribution in [3.8, 4) is 11.1 Å². The fraction of sp³-hybridized carbons (Fsp3) is 0.320. The molecule has 0 unspecified atom stereocenters. The van der Waals surface area contributed by atoms with Gasteiger partial charge < -0.3 is 24.8 Å². The maximum absolute atomic E-state index is 2.53. The van der Waals surface area contributed by atoms with E-state index in [-0.39, 0.29) is 24.8 Å². The van der Waals surface area contributed by atoms with Gasteiger partial charge in [-0.3, -0.25) is 0 Å². The molecule has 0 N–H and O–H groups in total. The third-order valence-electron chi connectivity index (χ3n) is 6.16. The summed E-state index contributed by atoms with van der Waals surface area (Å²) in [5, 5.41) is 0. The molecule has 143 valence electrons. The summed E-state index contributed by atoms with van der Waals surface area (Å²) in [4.78, 5) is 0. The van der Waals surface area contributed by atoms with Crippen LogP contribution >= 0.6 is 0 Å². The Morgan fingerprint density at radius 2 is 1.71 bits per heavy atom. The summed E-state index contributed by atoms with van der Waals surface area (Å²) < 4.78 is 3.76. The molecule has 2 aromatic rings. The number of halogens is 2. The van der Waals surface area contributed by atoms with Crippen LogP contribution in [0.2, 0.25) is 0 Å². The standard InChI is InChI=1S/C19H15.C6H10.2ClH.Zr/c1-13-10-16(14-6-2-3-7-14)12-17-11-15-8-4-5-9-18(15)19(13)17;1-2-4-6-5-3-1;;;/h2-6,8-10H,7,11H2,1H3;1-5H2;2*1H;/q;;;;+2/p-2. The minimum Gasteiger partial charge on any atom is -1.00 e. The van der Waals surface area contributed by atoms with E-state index < -0.39 is 22.8 Å². The molecule has 28 heavy (non-hydrogen) atoms. The zero-order chi connectivity index (χ0) is 17.5. The predicted molar refractivity (Wildman–Crippen MR) is 109 cm³/mol. The van der Waals surface area contributed by atoms with Gasteiger partial charge in [-0.1, -0.05) is 0 Å². The van der Waals surface area contributed by atoms with Crippen molar-refractivity contribution in [2.75, 3.05) is 0 Å². The second-order valence-electron chi connectivity index (χ2n) is 7.92. The van der Waals surface area contributed by atoms with Crippen LogP contribution < -0.4 is 28.1 Å². The van der Waals surface area contributed by atoms with Crippen LogP contribution in [-0.2, 0) is 29.2 Å². The first-order valence-corrected chi connectivity index (χ1v) is 12.5. The first-order valence-electron chi connectivity index (χ1n) is 10.0. The van der Waals surface area contributed by atoms with Crippen LogP contribution in [0, 0.1) is 6.92 Å². The fourth-order valence-electron chi connectivity index (χ4n) is 4.87. The molecular formula is C25H25Cl2Zr. The molecule has 3 aliphatic carbocycles. The van der Waals surface area contributed by atoms with Gasteiger partial charge in [0.2, 0.25) is 0 Å². The van der Waals surface area contributed by atoms with Crippen LogP contribution in [0.15, 0.2) is 48.6 Å². The molecule has 3 heteroatoms. The van der Waals surface area contributed by atoms with E-state index in [1.807, 2.05) is 3.21 Å². The Hall–Kier alpha value is -0.747. The van der Waals surface area contributed by atoms with E-state index in [0.29, 0.717) is 0 Å². The molecule has 0 heterocycles. The molecule has 0 aromatic heterocycles. The normalized spacial score (nSPS) is 16.5. The number of allylic oxidation sites excluding steroid dienone is 4. The third kappa shape index (κ3) is 3.96. The molecule has 3 aliphatic rings. The Morgan fingerprint density at radius 1 is 0.929 bits per heavy atom. The Kier molecular flexibility index (Phi) is 7.35. The van der Waals surface area contributed by atoms with Crippen molar-refractivity contribution in [2.45, 2.75) is 51.9 Å². The molecule has 0 radical (unpaired) electrons. The molecule has 2 aromatic carbocycles. The van der Waals surface area contributed by atoms with Crippen LogP contribution in [0.5, 0.6) is 0 Å². The van der Waals surface area contributed by atoms with Gasteiger partial charge in [0, 0.05) is 0 Å². The topological polar surface area (TPSA) is 0 Å². The number of rotatable bonds is 2. The molecule has 0 saturated heterocycles. The maximum Gasteiger partial charge on any atom is -1.00 e. The number of aryl methyl sites for hydroxylation is 1. The van der Waals surface area contributed by atoms with Crippen molar-refractivity contribution >= 4 is 12.1 Å². The van der Waals surface area contributed by atoms with Gasteiger partial charge in [0.05, 0.1) is 0 Å². The summed E-state index contributed by atoms with van der Waals surface area (Å²) in [7, 11) is 0. The maximum atomic E-state index is 2.53. The Bertz CT molecular complexity index is 974. The molecule has 0 bridgehead atoms. The van der Waals surface area contributed by atoms with Gasteiger partial charge in [0.15, 0.2) is 0 Å². The average molecular weight is 488 g/mol. The van der Waals surface area contributed by atoms with Crippen molar-refractivity contribution < 1.29 is 47.6 Å². The predicted octanol–water partition coefficient (Wildman–Crippen LogP) is -0.238. The van der Waals surface area contributed by atoms with E-state index in [4.69, 9.17) is 0 Å². The van der Waals surface area contributed by atoms with Crippen LogP contribution in [0.1, 0.15) is 60.8 Å². The molecule has 0 atom stereocenters. The number of hydrogen-bond donors (Lipinski definition) is 0. The summed E-state index contributed by atoms with van der Waals surface area (Å²) >= 11 is -0.665. The fourth-order valence-corrected chi connectivity index (χ4v) is 9.02. The van der Waals surface area contributed by atoms with Crippen LogP contribution in [-0.4, -0.2) is 3.21 Å². The van der Waals surface area contributed by atoms with Crippen LogP contribution in [0.25, 0.3) is 16.7 Å². The first-order chi connectivity index (χ1) is 12.8. The number of hydrogen-bond acceptors (Lipinski definition) is 0. The van der Waals surface area contributed by atoms with E-state index in [1.165, 1.54) is 48.8 Å². The van der Waals surface area contributed by atoms with E-state index in [0.717, 1.165) is 12.8 Å². The van der Waals surface area contributed by atoms with Crippen molar-refractivity contribution in [2.24, 2.45) is 0 Å². The van der Waals surface area contributed by atoms with Crippen LogP contribution in [0.4, 0.5) is 0 Å². The zero-order valence-corrected chi connectivity index (χ0v) is 20.3. The summed E-state index contributed by atoms with van der Waals surface area (Å²) in [6, 6.07) is 11.6. The van der Waals surface area contributed by atoms with E-state index in [2.05, 4.69) is 55.5 Å². The largest absolute Gasteiger partial charge is 1.00 e. The van der Waals surface area contributed by atoms with E-state index in [9.17, 15) is 0 Å². The Labute approximate surface area is 192 Å². The third-order valence-corrected chi connectivity index (χ3v) is 10.3. The quantitative estimate of drug-likeness (QED) is 0.468. The van der Waals surface area contributed by atoms with Gasteiger partial charge >= 0.3 is 169 Å². The van der Waals surface area contributed by atoms with Crippen molar-refractivity contribution in [1.82, 2.24) is 0 Å². The molecule has 0 nitrogen and oxygen atoms in total. The Morgan fingerprint density at radius 3 is 2.46 bits per heavy atom. The van der Waals surface area contributed by atoms with Crippen molar-refractivity contribution in [3.05, 3.63) is 70.8 Å². The Balaban J connectivity index is 0.00000112. The second kappa shape index (κ2) is 9.38. The molecule has 0 amide bonds. The molecule has 0 aliphatic heterocycles. The monoisotopic (exact) mass is 485 g/mol. The van der Waals surface area contributed by atoms with Crippen molar-refractivity contribution in [1.29, 1.82) is 0 Å². The number of fused-ring (bicyclic) bond motifs is 3. The summed E-state index contributed by atoms with van der Waals surface area (Å²) in [5.41, 5.74) is 10.9. The minimum atomic E-state index is -0.665. The van der Waals surface area contributed by atoms with Gasteiger partial charge in [-0.2, -0.15) is 0 Å². The zero-order valence-electron chi connectivity index (χ0n) is 16.3. The van der Waals surface area contributed by atoms with Crippen molar-refractivity contribution in [3.63, 3.8) is 0 Å². The summed E-state index contributed by atoms with van der Waals surface area (Å²) in [5.74, 6) is 0. The minimum absolute atomic E-state index is 0. The van der Waals surface area contributed by atoms with Gasteiger partial charge in [0.1, 0.15) is 0 Å². The van der Waals surface area contributed by atoms with E-state index in [1.54, 1.807) is 25.5 Å². The second-order valence-corrected chi connectivity index (χ2v) is 11.5. The van der Waals surface area contributed by atoms with Gasteiger partial charge in [-0.15, -0.1) is 0 Å². The summed E-state index contributed by atoms with van der Waals surface area (Å²) in [6.07, 6.45) is 16.3. The molecule has 1 saturated carbocycles. The number of benzene rings is 2. The van der Waals surface area contributed by atoms with Gasteiger partial charge in [-0.25, -0.2) is 0 Å². The van der Waals surface area contributed by atoms with E-state index >= 15 is 0 Å². The average Bonchev–Trinajstić information content (AvgIpc) is 3.32. The smallest absolute Gasteiger partial charge is 1.00 e. The van der Waals surface area contributed by atoms with Crippen LogP contribution in [0.3, 0.4) is 0 Å². The SMILES string of the molecule is Cc1cc(C2=CC=CC2)[c]([Zr+2]=[C]2CCCCC2)c2c1-c1ccccc1C2.[Cl-].[Cl-]. The van der Waals surface area contributed by atoms with Gasteiger partial charge in [-0.05, 0) is 0 Å². The molecular weight excluding hydrogens is 462 g/mol.